The first kappa shape index (κ1) is 14.4. The average Bonchev–Trinajstić information content (AvgIpc) is 2.35. The number of nitrogens with two attached hydrogens (primary N) is 1. The van der Waals surface area contributed by atoms with Gasteiger partial charge in [0.15, 0.2) is 0 Å². The van der Waals surface area contributed by atoms with Crippen molar-refractivity contribution in [3.63, 3.8) is 0 Å². The topological polar surface area (TPSA) is 109 Å². The third-order valence-corrected chi connectivity index (χ3v) is 5.55. The molecule has 4 fully saturated rings. The van der Waals surface area contributed by atoms with Crippen LogP contribution in [0.4, 0.5) is 0 Å². The molecule has 4 N–H and O–H groups in total. The van der Waals surface area contributed by atoms with Crippen LogP contribution in [-0.4, -0.2) is 28.9 Å². The second kappa shape index (κ2) is 5.00. The number of carboxylic acid groups (broad SMARTS) is 1. The Balaban J connectivity index is 1.72. The molecule has 0 saturated heterocycles. The quantitative estimate of drug-likeness (QED) is 0.691. The molecule has 6 nitrogen and oxygen atoms in total. The van der Waals surface area contributed by atoms with Gasteiger partial charge in [-0.3, -0.25) is 14.4 Å². The predicted molar refractivity (Wildman–Crippen MR) is 74.0 cm³/mol. The number of rotatable bonds is 5. The molecule has 0 aromatic rings. The zero-order valence-electron chi connectivity index (χ0n) is 12.0. The van der Waals surface area contributed by atoms with Gasteiger partial charge in [0.1, 0.15) is 6.04 Å². The maximum Gasteiger partial charge on any atom is 0.305 e. The van der Waals surface area contributed by atoms with E-state index in [9.17, 15) is 14.4 Å². The van der Waals surface area contributed by atoms with Crippen LogP contribution in [0, 0.1) is 23.2 Å². The van der Waals surface area contributed by atoms with Crippen molar-refractivity contribution in [2.24, 2.45) is 28.9 Å². The van der Waals surface area contributed by atoms with Gasteiger partial charge in [-0.25, -0.2) is 0 Å². The van der Waals surface area contributed by atoms with Gasteiger partial charge in [-0.1, -0.05) is 0 Å². The summed E-state index contributed by atoms with van der Waals surface area (Å²) in [4.78, 5) is 34.8. The molecule has 0 aromatic heterocycles. The van der Waals surface area contributed by atoms with Gasteiger partial charge in [-0.15, -0.1) is 0 Å². The molecule has 0 aliphatic heterocycles. The third-order valence-electron chi connectivity index (χ3n) is 5.55. The van der Waals surface area contributed by atoms with Gasteiger partial charge >= 0.3 is 5.97 Å². The SMILES string of the molecule is NC(=O)[C@H](CC(=O)O)NC(=O)C12CC3CC(CC(C3)C1)C2. The number of aliphatic carboxylic acids is 1. The molecule has 0 unspecified atom stereocenters. The fourth-order valence-corrected chi connectivity index (χ4v) is 5.10. The smallest absolute Gasteiger partial charge is 0.305 e. The lowest BCUT2D eigenvalue weighted by molar-refractivity contribution is -0.149. The summed E-state index contributed by atoms with van der Waals surface area (Å²) < 4.78 is 0. The molecule has 6 heteroatoms. The van der Waals surface area contributed by atoms with Crippen molar-refractivity contribution in [3.8, 4) is 0 Å². The van der Waals surface area contributed by atoms with E-state index in [2.05, 4.69) is 5.32 Å². The number of carbonyl (C=O) groups is 3. The van der Waals surface area contributed by atoms with Crippen LogP contribution < -0.4 is 11.1 Å². The van der Waals surface area contributed by atoms with Gasteiger partial charge in [0.05, 0.1) is 6.42 Å². The van der Waals surface area contributed by atoms with Crippen molar-refractivity contribution in [2.75, 3.05) is 0 Å². The van der Waals surface area contributed by atoms with Crippen LogP contribution in [0.1, 0.15) is 44.9 Å². The number of amides is 2. The fraction of sp³-hybridized carbons (Fsp3) is 0.800. The molecule has 0 radical (unpaired) electrons. The van der Waals surface area contributed by atoms with Crippen molar-refractivity contribution < 1.29 is 19.5 Å². The Bertz CT molecular complexity index is 453. The van der Waals surface area contributed by atoms with E-state index in [1.807, 2.05) is 0 Å². The van der Waals surface area contributed by atoms with Crippen LogP contribution in [0.15, 0.2) is 0 Å². The first-order valence-electron chi connectivity index (χ1n) is 7.70. The Morgan fingerprint density at radius 1 is 1.10 bits per heavy atom. The minimum Gasteiger partial charge on any atom is -0.481 e. The number of hydrogen-bond acceptors (Lipinski definition) is 3. The molecule has 4 rings (SSSR count). The summed E-state index contributed by atoms with van der Waals surface area (Å²) in [6, 6.07) is -1.11. The standard InChI is InChI=1S/C15H22N2O4/c16-13(20)11(4-12(18)19)17-14(21)15-5-8-1-9(6-15)3-10(2-8)7-15/h8-11H,1-7H2,(H2,16,20)(H,17,21)(H,18,19)/t8?,9?,10?,11-,15?/m0/s1. The van der Waals surface area contributed by atoms with E-state index < -0.39 is 24.3 Å². The van der Waals surface area contributed by atoms with E-state index in [1.54, 1.807) is 0 Å². The molecule has 21 heavy (non-hydrogen) atoms. The molecule has 4 bridgehead atoms. The van der Waals surface area contributed by atoms with Crippen molar-refractivity contribution in [2.45, 2.75) is 51.0 Å². The summed E-state index contributed by atoms with van der Waals surface area (Å²) >= 11 is 0. The summed E-state index contributed by atoms with van der Waals surface area (Å²) in [7, 11) is 0. The molecular formula is C15H22N2O4. The summed E-state index contributed by atoms with van der Waals surface area (Å²) in [6.07, 6.45) is 5.85. The Labute approximate surface area is 123 Å². The normalized spacial score (nSPS) is 38.0. The first-order chi connectivity index (χ1) is 9.88. The zero-order valence-corrected chi connectivity index (χ0v) is 12.0. The highest BCUT2D eigenvalue weighted by molar-refractivity contribution is 5.91. The summed E-state index contributed by atoms with van der Waals surface area (Å²) in [5.41, 5.74) is 4.82. The molecule has 4 saturated carbocycles. The molecule has 2 amide bonds. The minimum absolute atomic E-state index is 0.161. The van der Waals surface area contributed by atoms with E-state index in [4.69, 9.17) is 10.8 Å². The number of nitrogens with one attached hydrogen (secondary N) is 1. The van der Waals surface area contributed by atoms with Gasteiger partial charge < -0.3 is 16.2 Å². The monoisotopic (exact) mass is 294 g/mol. The lowest BCUT2D eigenvalue weighted by Gasteiger charge is -2.55. The first-order valence-corrected chi connectivity index (χ1v) is 7.70. The van der Waals surface area contributed by atoms with E-state index in [0.717, 1.165) is 19.3 Å². The fourth-order valence-electron chi connectivity index (χ4n) is 5.10. The lowest BCUT2D eigenvalue weighted by atomic mass is 9.49. The van der Waals surface area contributed by atoms with Crippen LogP contribution in [0.25, 0.3) is 0 Å². The number of hydrogen-bond donors (Lipinski definition) is 3. The average molecular weight is 294 g/mol. The van der Waals surface area contributed by atoms with Crippen molar-refractivity contribution in [1.82, 2.24) is 5.32 Å². The second-order valence-electron chi connectivity index (χ2n) is 7.22. The molecule has 4 aliphatic rings. The number of carboxylic acids is 1. The Morgan fingerprint density at radius 3 is 1.95 bits per heavy atom. The molecule has 116 valence electrons. The predicted octanol–water partition coefficient (Wildman–Crippen LogP) is 0.648. The van der Waals surface area contributed by atoms with Crippen molar-refractivity contribution in [1.29, 1.82) is 0 Å². The van der Waals surface area contributed by atoms with Crippen LogP contribution in [-0.2, 0) is 14.4 Å². The van der Waals surface area contributed by atoms with E-state index in [1.165, 1.54) is 19.3 Å². The highest BCUT2D eigenvalue weighted by Gasteiger charge is 2.54. The van der Waals surface area contributed by atoms with Crippen LogP contribution in [0.5, 0.6) is 0 Å². The summed E-state index contributed by atoms with van der Waals surface area (Å²) in [5, 5.41) is 11.4. The summed E-state index contributed by atoms with van der Waals surface area (Å²) in [6.45, 7) is 0. The maximum absolute atomic E-state index is 12.7. The van der Waals surface area contributed by atoms with E-state index >= 15 is 0 Å². The molecule has 0 heterocycles. The minimum atomic E-state index is -1.13. The van der Waals surface area contributed by atoms with Crippen LogP contribution in [0.3, 0.4) is 0 Å². The maximum atomic E-state index is 12.7. The number of primary amides is 1. The Kier molecular flexibility index (Phi) is 3.42. The van der Waals surface area contributed by atoms with E-state index in [-0.39, 0.29) is 11.3 Å². The highest BCUT2D eigenvalue weighted by Crippen LogP contribution is 2.60. The largest absolute Gasteiger partial charge is 0.481 e. The second-order valence-corrected chi connectivity index (χ2v) is 7.22. The number of carbonyl (C=O) groups excluding carboxylic acids is 2. The molecular weight excluding hydrogens is 272 g/mol. The highest BCUT2D eigenvalue weighted by atomic mass is 16.4. The van der Waals surface area contributed by atoms with Crippen LogP contribution >= 0.6 is 0 Å². The van der Waals surface area contributed by atoms with Crippen molar-refractivity contribution >= 4 is 17.8 Å². The van der Waals surface area contributed by atoms with E-state index in [0.29, 0.717) is 17.8 Å². The third kappa shape index (κ3) is 2.63. The Morgan fingerprint density at radius 2 is 1.57 bits per heavy atom. The van der Waals surface area contributed by atoms with Gasteiger partial charge in [0.2, 0.25) is 11.8 Å². The Hall–Kier alpha value is -1.59. The van der Waals surface area contributed by atoms with Gasteiger partial charge in [-0.2, -0.15) is 0 Å². The summed E-state index contributed by atoms with van der Waals surface area (Å²) in [5.74, 6) is -0.220. The molecule has 4 aliphatic carbocycles. The molecule has 0 spiro atoms. The van der Waals surface area contributed by atoms with Gasteiger partial charge in [0, 0.05) is 5.41 Å². The van der Waals surface area contributed by atoms with Crippen molar-refractivity contribution in [3.05, 3.63) is 0 Å². The van der Waals surface area contributed by atoms with Gasteiger partial charge in [-0.05, 0) is 56.3 Å². The zero-order chi connectivity index (χ0) is 15.2. The molecule has 1 atom stereocenters. The lowest BCUT2D eigenvalue weighted by Crippen LogP contribution is -2.57. The molecule has 0 aromatic carbocycles. The van der Waals surface area contributed by atoms with Crippen LogP contribution in [0.2, 0.25) is 0 Å². The van der Waals surface area contributed by atoms with Gasteiger partial charge in [0.25, 0.3) is 0 Å².